The SMILES string of the molecule is CC(=O)c1cn(S(=O)(=O)c2ccc(C(=O)NCc3ccc(F)cc3)cc2)c2ccccc12. The number of fused-ring (bicyclic) bond motifs is 1. The van der Waals surface area contributed by atoms with Crippen LogP contribution in [0.2, 0.25) is 0 Å². The Balaban J connectivity index is 1.58. The van der Waals surface area contributed by atoms with Crippen molar-refractivity contribution in [1.29, 1.82) is 0 Å². The number of aromatic nitrogens is 1. The molecule has 0 saturated carbocycles. The summed E-state index contributed by atoms with van der Waals surface area (Å²) in [4.78, 5) is 24.3. The van der Waals surface area contributed by atoms with Gasteiger partial charge >= 0.3 is 0 Å². The van der Waals surface area contributed by atoms with Crippen LogP contribution in [-0.4, -0.2) is 24.1 Å². The van der Waals surface area contributed by atoms with Crippen molar-refractivity contribution in [3.05, 3.63) is 102 Å². The van der Waals surface area contributed by atoms with E-state index >= 15 is 0 Å². The Hall–Kier alpha value is -3.78. The van der Waals surface area contributed by atoms with Crippen LogP contribution < -0.4 is 5.32 Å². The maximum absolute atomic E-state index is 13.2. The van der Waals surface area contributed by atoms with Crippen molar-refractivity contribution in [2.24, 2.45) is 0 Å². The number of ketones is 1. The fourth-order valence-electron chi connectivity index (χ4n) is 3.41. The van der Waals surface area contributed by atoms with Crippen LogP contribution in [0, 0.1) is 5.82 Å². The van der Waals surface area contributed by atoms with Crippen molar-refractivity contribution in [2.75, 3.05) is 0 Å². The quantitative estimate of drug-likeness (QED) is 0.447. The highest BCUT2D eigenvalue weighted by Crippen LogP contribution is 2.26. The first-order valence-electron chi connectivity index (χ1n) is 9.76. The summed E-state index contributed by atoms with van der Waals surface area (Å²) in [6, 6.07) is 18.1. The number of benzene rings is 3. The number of para-hydroxylation sites is 1. The number of halogens is 1. The first kappa shape index (κ1) is 21.5. The molecule has 0 spiro atoms. The van der Waals surface area contributed by atoms with Crippen molar-refractivity contribution >= 4 is 32.6 Å². The summed E-state index contributed by atoms with van der Waals surface area (Å²) in [5.41, 5.74) is 1.74. The standard InChI is InChI=1S/C24H19FN2O4S/c1-16(28)22-15-27(23-5-3-2-4-21(22)23)32(30,31)20-12-8-18(9-13-20)24(29)26-14-17-6-10-19(25)11-7-17/h2-13,15H,14H2,1H3,(H,26,29). The van der Waals surface area contributed by atoms with Crippen LogP contribution in [0.1, 0.15) is 33.2 Å². The molecule has 1 heterocycles. The van der Waals surface area contributed by atoms with E-state index in [2.05, 4.69) is 5.32 Å². The van der Waals surface area contributed by atoms with Crippen molar-refractivity contribution in [3.8, 4) is 0 Å². The average Bonchev–Trinajstić information content (AvgIpc) is 3.19. The molecule has 0 fully saturated rings. The van der Waals surface area contributed by atoms with Gasteiger partial charge in [0.1, 0.15) is 5.82 Å². The van der Waals surface area contributed by atoms with Crippen LogP contribution in [0.4, 0.5) is 4.39 Å². The summed E-state index contributed by atoms with van der Waals surface area (Å²) in [6.07, 6.45) is 1.33. The van der Waals surface area contributed by atoms with E-state index in [1.54, 1.807) is 36.4 Å². The molecule has 3 aromatic carbocycles. The largest absolute Gasteiger partial charge is 0.348 e. The van der Waals surface area contributed by atoms with E-state index in [9.17, 15) is 22.4 Å². The molecule has 32 heavy (non-hydrogen) atoms. The molecule has 0 atom stereocenters. The second-order valence-electron chi connectivity index (χ2n) is 7.25. The lowest BCUT2D eigenvalue weighted by molar-refractivity contribution is 0.0949. The van der Waals surface area contributed by atoms with Gasteiger partial charge in [0.05, 0.1) is 10.4 Å². The highest BCUT2D eigenvalue weighted by atomic mass is 32.2. The number of amides is 1. The summed E-state index contributed by atoms with van der Waals surface area (Å²) in [7, 11) is -3.98. The van der Waals surface area contributed by atoms with Crippen molar-refractivity contribution in [2.45, 2.75) is 18.4 Å². The first-order chi connectivity index (χ1) is 15.3. The lowest BCUT2D eigenvalue weighted by atomic mass is 10.1. The van der Waals surface area contributed by atoms with Gasteiger partial charge in [0.2, 0.25) is 0 Å². The summed E-state index contributed by atoms with van der Waals surface area (Å²) < 4.78 is 40.5. The Kier molecular flexibility index (Phi) is 5.63. The molecule has 162 valence electrons. The molecule has 0 bridgehead atoms. The van der Waals surface area contributed by atoms with E-state index in [1.807, 2.05) is 0 Å². The van der Waals surface area contributed by atoms with Crippen LogP contribution in [0.3, 0.4) is 0 Å². The topological polar surface area (TPSA) is 85.2 Å². The van der Waals surface area contributed by atoms with E-state index in [4.69, 9.17) is 0 Å². The second-order valence-corrected chi connectivity index (χ2v) is 9.07. The lowest BCUT2D eigenvalue weighted by Gasteiger charge is -2.09. The third-order valence-corrected chi connectivity index (χ3v) is 6.78. The second kappa shape index (κ2) is 8.39. The van der Waals surface area contributed by atoms with Gasteiger partial charge in [-0.1, -0.05) is 30.3 Å². The normalized spacial score (nSPS) is 11.4. The minimum absolute atomic E-state index is 0.0107. The average molecular weight is 450 g/mol. The third-order valence-electron chi connectivity index (χ3n) is 5.10. The molecule has 0 aliphatic rings. The molecule has 4 aromatic rings. The molecule has 1 amide bonds. The van der Waals surface area contributed by atoms with Crippen molar-refractivity contribution < 1.29 is 22.4 Å². The number of carbonyl (C=O) groups is 2. The van der Waals surface area contributed by atoms with Crippen LogP contribution in [0.5, 0.6) is 0 Å². The van der Waals surface area contributed by atoms with Gasteiger partial charge in [-0.25, -0.2) is 16.8 Å². The van der Waals surface area contributed by atoms with Gasteiger partial charge in [-0.15, -0.1) is 0 Å². The predicted octanol–water partition coefficient (Wildman–Crippen LogP) is 4.15. The Bertz CT molecular complexity index is 1420. The van der Waals surface area contributed by atoms with E-state index in [0.717, 1.165) is 9.54 Å². The van der Waals surface area contributed by atoms with Crippen LogP contribution in [0.25, 0.3) is 10.9 Å². The van der Waals surface area contributed by atoms with Gasteiger partial charge in [-0.2, -0.15) is 0 Å². The number of hydrogen-bond acceptors (Lipinski definition) is 4. The smallest absolute Gasteiger partial charge is 0.268 e. The highest BCUT2D eigenvalue weighted by molar-refractivity contribution is 7.90. The molecule has 0 unspecified atom stereocenters. The van der Waals surface area contributed by atoms with E-state index in [-0.39, 0.29) is 34.5 Å². The Labute approximate surface area is 184 Å². The number of rotatable bonds is 6. The molecular weight excluding hydrogens is 431 g/mol. The Morgan fingerprint density at radius 3 is 2.25 bits per heavy atom. The number of hydrogen-bond donors (Lipinski definition) is 1. The molecule has 0 radical (unpaired) electrons. The minimum Gasteiger partial charge on any atom is -0.348 e. The Morgan fingerprint density at radius 2 is 1.59 bits per heavy atom. The number of Topliss-reactive ketones (excluding diaryl/α,β-unsaturated/α-hetero) is 1. The minimum atomic E-state index is -3.98. The molecule has 0 saturated heterocycles. The molecule has 1 N–H and O–H groups in total. The monoisotopic (exact) mass is 450 g/mol. The van der Waals surface area contributed by atoms with Crippen LogP contribution >= 0.6 is 0 Å². The van der Waals surface area contributed by atoms with Gasteiger partial charge in [-0.3, -0.25) is 9.59 Å². The third kappa shape index (κ3) is 4.04. The van der Waals surface area contributed by atoms with Crippen molar-refractivity contribution in [1.82, 2.24) is 9.29 Å². The lowest BCUT2D eigenvalue weighted by Crippen LogP contribution is -2.22. The predicted molar refractivity (Wildman–Crippen MR) is 119 cm³/mol. The zero-order valence-corrected chi connectivity index (χ0v) is 17.9. The maximum Gasteiger partial charge on any atom is 0.268 e. The molecule has 0 aliphatic carbocycles. The van der Waals surface area contributed by atoms with E-state index < -0.39 is 10.0 Å². The summed E-state index contributed by atoms with van der Waals surface area (Å²) >= 11 is 0. The molecule has 1 aromatic heterocycles. The first-order valence-corrected chi connectivity index (χ1v) is 11.2. The molecule has 0 aliphatic heterocycles. The summed E-state index contributed by atoms with van der Waals surface area (Å²) in [5, 5.41) is 3.27. The van der Waals surface area contributed by atoms with Gasteiger partial charge < -0.3 is 5.32 Å². The van der Waals surface area contributed by atoms with Crippen LogP contribution in [-0.2, 0) is 16.6 Å². The summed E-state index contributed by atoms with van der Waals surface area (Å²) in [6.45, 7) is 1.60. The number of carbonyl (C=O) groups excluding carboxylic acids is 2. The van der Waals surface area contributed by atoms with Crippen LogP contribution in [0.15, 0.2) is 83.9 Å². The van der Waals surface area contributed by atoms with Crippen molar-refractivity contribution in [3.63, 3.8) is 0 Å². The summed E-state index contributed by atoms with van der Waals surface area (Å²) in [5.74, 6) is -0.977. The zero-order chi connectivity index (χ0) is 22.9. The number of nitrogens with zero attached hydrogens (tertiary/aromatic N) is 1. The number of nitrogens with one attached hydrogen (secondary N) is 1. The van der Waals surface area contributed by atoms with E-state index in [1.165, 1.54) is 49.5 Å². The highest BCUT2D eigenvalue weighted by Gasteiger charge is 2.22. The van der Waals surface area contributed by atoms with Gasteiger partial charge in [0, 0.05) is 29.3 Å². The zero-order valence-electron chi connectivity index (χ0n) is 17.1. The molecule has 6 nitrogen and oxygen atoms in total. The van der Waals surface area contributed by atoms with Gasteiger partial charge in [0.15, 0.2) is 5.78 Å². The van der Waals surface area contributed by atoms with Gasteiger partial charge in [-0.05, 0) is 55.0 Å². The fourth-order valence-corrected chi connectivity index (χ4v) is 4.78. The van der Waals surface area contributed by atoms with Gasteiger partial charge in [0.25, 0.3) is 15.9 Å². The molecular formula is C24H19FN2O4S. The molecule has 4 rings (SSSR count). The maximum atomic E-state index is 13.2. The molecule has 8 heteroatoms. The fraction of sp³-hybridized carbons (Fsp3) is 0.0833. The Morgan fingerprint density at radius 1 is 0.938 bits per heavy atom. The van der Waals surface area contributed by atoms with E-state index in [0.29, 0.717) is 16.5 Å².